The van der Waals surface area contributed by atoms with Crippen molar-refractivity contribution in [3.05, 3.63) is 65.0 Å². The molecule has 2 aromatic rings. The minimum absolute atomic E-state index is 0.159. The van der Waals surface area contributed by atoms with Gasteiger partial charge in [-0.15, -0.1) is 0 Å². The summed E-state index contributed by atoms with van der Waals surface area (Å²) in [4.78, 5) is 28.1. The van der Waals surface area contributed by atoms with Crippen LogP contribution in [0.25, 0.3) is 0 Å². The molecule has 2 rings (SSSR count). The number of benzene rings is 1. The van der Waals surface area contributed by atoms with Gasteiger partial charge >= 0.3 is 6.18 Å². The second-order valence-electron chi connectivity index (χ2n) is 5.85. The average molecular weight is 389 g/mol. The molecule has 146 valence electrons. The molecule has 28 heavy (non-hydrogen) atoms. The van der Waals surface area contributed by atoms with Gasteiger partial charge in [0.1, 0.15) is 0 Å². The number of amides is 2. The number of carbonyl (C=O) groups is 2. The molecule has 0 bridgehead atoms. The van der Waals surface area contributed by atoms with E-state index in [1.807, 2.05) is 0 Å². The fourth-order valence-corrected chi connectivity index (χ4v) is 2.16. The third-order valence-electron chi connectivity index (χ3n) is 3.63. The van der Waals surface area contributed by atoms with Crippen LogP contribution in [0, 0.1) is 11.8 Å². The van der Waals surface area contributed by atoms with Crippen molar-refractivity contribution in [1.29, 1.82) is 0 Å². The van der Waals surface area contributed by atoms with Crippen molar-refractivity contribution in [2.75, 3.05) is 0 Å². The minimum atomic E-state index is -4.57. The van der Waals surface area contributed by atoms with E-state index in [1.165, 1.54) is 24.5 Å². The summed E-state index contributed by atoms with van der Waals surface area (Å²) in [5.41, 5.74) is 3.76. The van der Waals surface area contributed by atoms with Gasteiger partial charge < -0.3 is 0 Å². The normalized spacial score (nSPS) is 10.6. The van der Waals surface area contributed by atoms with Gasteiger partial charge in [-0.25, -0.2) is 0 Å². The number of carbonyl (C=O) groups excluding carboxylic acids is 2. The van der Waals surface area contributed by atoms with Crippen LogP contribution in [0.2, 0.25) is 0 Å². The highest BCUT2D eigenvalue weighted by atomic mass is 19.4. The van der Waals surface area contributed by atoms with Gasteiger partial charge in [-0.1, -0.05) is 31.3 Å². The summed E-state index contributed by atoms with van der Waals surface area (Å²) in [6, 6.07) is 5.40. The highest BCUT2D eigenvalue weighted by Crippen LogP contribution is 2.29. The molecule has 0 aliphatic heterocycles. The van der Waals surface area contributed by atoms with E-state index in [0.29, 0.717) is 11.6 Å². The fourth-order valence-electron chi connectivity index (χ4n) is 2.16. The van der Waals surface area contributed by atoms with Crippen molar-refractivity contribution in [2.24, 2.45) is 0 Å². The Balaban J connectivity index is 2.00. The molecule has 0 unspecified atom stereocenters. The third kappa shape index (κ3) is 6.13. The number of hydrazine groups is 1. The molecule has 0 aliphatic carbocycles. The van der Waals surface area contributed by atoms with Crippen LogP contribution in [0.1, 0.15) is 58.0 Å². The largest absolute Gasteiger partial charge is 0.416 e. The third-order valence-corrected chi connectivity index (χ3v) is 3.63. The number of nitrogens with zero attached hydrogens (tertiary/aromatic N) is 1. The Morgan fingerprint density at radius 3 is 2.46 bits per heavy atom. The van der Waals surface area contributed by atoms with Crippen LogP contribution in [0.15, 0.2) is 42.7 Å². The summed E-state index contributed by atoms with van der Waals surface area (Å²) in [5, 5.41) is 0. The van der Waals surface area contributed by atoms with Crippen molar-refractivity contribution in [3.8, 4) is 11.8 Å². The lowest BCUT2D eigenvalue weighted by Crippen LogP contribution is -2.41. The topological polar surface area (TPSA) is 71.1 Å². The first-order valence-electron chi connectivity index (χ1n) is 8.53. The predicted molar refractivity (Wildman–Crippen MR) is 97.0 cm³/mol. The van der Waals surface area contributed by atoms with Gasteiger partial charge in [-0.3, -0.25) is 25.4 Å². The number of unbranched alkanes of at least 4 members (excludes halogenated alkanes) is 2. The Bertz CT molecular complexity index is 915. The monoisotopic (exact) mass is 389 g/mol. The summed E-state index contributed by atoms with van der Waals surface area (Å²) in [6.45, 7) is 2.06. The Labute approximate surface area is 160 Å². The lowest BCUT2D eigenvalue weighted by atomic mass is 10.1. The predicted octanol–water partition coefficient (Wildman–Crippen LogP) is 3.72. The smallest absolute Gasteiger partial charge is 0.267 e. The fraction of sp³-hybridized carbons (Fsp3) is 0.250. The van der Waals surface area contributed by atoms with Gasteiger partial charge in [0, 0.05) is 29.9 Å². The molecule has 0 saturated carbocycles. The standard InChI is InChI=1S/C20H18F3N3O2/c1-2-3-4-5-7-14-10-16(13-24-12-14)19(28)26-25-18(27)15-8-6-9-17(11-15)20(21,22)23/h6,8-13H,2-4H2,1H3,(H,25,27)(H,26,28). The highest BCUT2D eigenvalue weighted by molar-refractivity contribution is 5.99. The van der Waals surface area contributed by atoms with E-state index in [9.17, 15) is 22.8 Å². The highest BCUT2D eigenvalue weighted by Gasteiger charge is 2.30. The molecule has 8 heteroatoms. The van der Waals surface area contributed by atoms with Crippen molar-refractivity contribution < 1.29 is 22.8 Å². The van der Waals surface area contributed by atoms with Gasteiger partial charge in [0.2, 0.25) is 0 Å². The van der Waals surface area contributed by atoms with E-state index in [4.69, 9.17) is 0 Å². The summed E-state index contributed by atoms with van der Waals surface area (Å²) in [6.07, 6.45) is 0.979. The Morgan fingerprint density at radius 1 is 1.07 bits per heavy atom. The molecular formula is C20H18F3N3O2. The molecule has 5 nitrogen and oxygen atoms in total. The first-order valence-corrected chi connectivity index (χ1v) is 8.53. The maximum absolute atomic E-state index is 12.7. The minimum Gasteiger partial charge on any atom is -0.267 e. The molecule has 0 spiro atoms. The SMILES string of the molecule is CCCCC#Cc1cncc(C(=O)NNC(=O)c2cccc(C(F)(F)F)c2)c1. The number of aromatic nitrogens is 1. The molecule has 0 atom stereocenters. The van der Waals surface area contributed by atoms with E-state index < -0.39 is 23.6 Å². The number of hydrogen-bond donors (Lipinski definition) is 2. The molecule has 0 fully saturated rings. The first-order chi connectivity index (χ1) is 13.3. The molecule has 0 saturated heterocycles. The molecular weight excluding hydrogens is 371 g/mol. The molecule has 1 aromatic carbocycles. The van der Waals surface area contributed by atoms with E-state index in [-0.39, 0.29) is 11.1 Å². The number of halogens is 3. The molecule has 2 N–H and O–H groups in total. The Hall–Kier alpha value is -3.34. The first kappa shape index (κ1) is 21.0. The second kappa shape index (κ2) is 9.55. The number of nitrogens with one attached hydrogen (secondary N) is 2. The van der Waals surface area contributed by atoms with Gasteiger partial charge in [0.05, 0.1) is 11.1 Å². The summed E-state index contributed by atoms with van der Waals surface area (Å²) >= 11 is 0. The number of pyridine rings is 1. The van der Waals surface area contributed by atoms with E-state index >= 15 is 0 Å². The average Bonchev–Trinajstić information content (AvgIpc) is 2.69. The Morgan fingerprint density at radius 2 is 1.79 bits per heavy atom. The van der Waals surface area contributed by atoms with Crippen molar-refractivity contribution in [1.82, 2.24) is 15.8 Å². The van der Waals surface area contributed by atoms with Crippen LogP contribution in [-0.2, 0) is 6.18 Å². The van der Waals surface area contributed by atoms with Crippen LogP contribution < -0.4 is 10.9 Å². The van der Waals surface area contributed by atoms with Crippen molar-refractivity contribution in [3.63, 3.8) is 0 Å². The summed E-state index contributed by atoms with van der Waals surface area (Å²) in [7, 11) is 0. The zero-order valence-corrected chi connectivity index (χ0v) is 15.1. The van der Waals surface area contributed by atoms with Crippen LogP contribution in [-0.4, -0.2) is 16.8 Å². The van der Waals surface area contributed by atoms with Crippen LogP contribution in [0.4, 0.5) is 13.2 Å². The summed E-state index contributed by atoms with van der Waals surface area (Å²) in [5.74, 6) is 4.34. The number of alkyl halides is 3. The zero-order valence-electron chi connectivity index (χ0n) is 15.1. The lowest BCUT2D eigenvalue weighted by Gasteiger charge is -2.10. The zero-order chi connectivity index (χ0) is 20.6. The van der Waals surface area contributed by atoms with Crippen molar-refractivity contribution in [2.45, 2.75) is 32.4 Å². The van der Waals surface area contributed by atoms with Crippen LogP contribution in [0.5, 0.6) is 0 Å². The number of hydrogen-bond acceptors (Lipinski definition) is 3. The van der Waals surface area contributed by atoms with E-state index in [0.717, 1.165) is 31.4 Å². The molecule has 0 radical (unpaired) electrons. The molecule has 1 aromatic heterocycles. The van der Waals surface area contributed by atoms with Gasteiger partial charge in [0.25, 0.3) is 11.8 Å². The maximum Gasteiger partial charge on any atom is 0.416 e. The van der Waals surface area contributed by atoms with E-state index in [1.54, 1.807) is 0 Å². The van der Waals surface area contributed by atoms with Crippen LogP contribution >= 0.6 is 0 Å². The van der Waals surface area contributed by atoms with E-state index in [2.05, 4.69) is 34.6 Å². The van der Waals surface area contributed by atoms with Crippen molar-refractivity contribution >= 4 is 11.8 Å². The van der Waals surface area contributed by atoms with Gasteiger partial charge in [-0.05, 0) is 30.7 Å². The van der Waals surface area contributed by atoms with Gasteiger partial charge in [-0.2, -0.15) is 13.2 Å². The molecule has 1 heterocycles. The van der Waals surface area contributed by atoms with Gasteiger partial charge in [0.15, 0.2) is 0 Å². The molecule has 0 aliphatic rings. The second-order valence-corrected chi connectivity index (χ2v) is 5.85. The van der Waals surface area contributed by atoms with Crippen LogP contribution in [0.3, 0.4) is 0 Å². The Kier molecular flexibility index (Phi) is 7.15. The maximum atomic E-state index is 12.7. The number of rotatable bonds is 4. The lowest BCUT2D eigenvalue weighted by molar-refractivity contribution is -0.137. The summed E-state index contributed by atoms with van der Waals surface area (Å²) < 4.78 is 38.1. The quantitative estimate of drug-likeness (QED) is 0.476. The molecule has 2 amide bonds.